The van der Waals surface area contributed by atoms with E-state index < -0.39 is 31.4 Å². The molecule has 4 saturated heterocycles. The zero-order chi connectivity index (χ0) is 48.4. The van der Waals surface area contributed by atoms with Gasteiger partial charge in [-0.3, -0.25) is 29.6 Å². The van der Waals surface area contributed by atoms with Crippen LogP contribution in [0, 0.1) is 15.5 Å². The second kappa shape index (κ2) is 20.7. The van der Waals surface area contributed by atoms with Gasteiger partial charge in [0.1, 0.15) is 22.8 Å². The predicted molar refractivity (Wildman–Crippen MR) is 268 cm³/mol. The summed E-state index contributed by atoms with van der Waals surface area (Å²) < 4.78 is 52.8. The summed E-state index contributed by atoms with van der Waals surface area (Å²) in [4.78, 5) is 43.9. The Bertz CT molecular complexity index is 2850. The molecule has 4 aliphatic heterocycles. The number of nitrogens with one attached hydrogen (secondary N) is 3. The number of rotatable bonds is 15. The van der Waals surface area contributed by atoms with Crippen LogP contribution in [-0.2, 0) is 30.8 Å². The van der Waals surface area contributed by atoms with Crippen molar-refractivity contribution in [2.75, 3.05) is 109 Å². The molecule has 5 aliphatic rings. The highest BCUT2D eigenvalue weighted by molar-refractivity contribution is 7.90. The Morgan fingerprint density at radius 1 is 0.971 bits per heavy atom. The van der Waals surface area contributed by atoms with Gasteiger partial charge in [0.25, 0.3) is 21.6 Å². The highest BCUT2D eigenvalue weighted by Crippen LogP contribution is 2.45. The van der Waals surface area contributed by atoms with Gasteiger partial charge in [-0.15, -0.1) is 11.3 Å². The first-order valence-electron chi connectivity index (χ1n) is 24.2. The number of morpholine rings is 1. The van der Waals surface area contributed by atoms with Crippen LogP contribution in [0.4, 0.5) is 17.1 Å². The van der Waals surface area contributed by atoms with Crippen LogP contribution in [0.1, 0.15) is 53.9 Å². The van der Waals surface area contributed by atoms with Gasteiger partial charge in [0, 0.05) is 112 Å². The van der Waals surface area contributed by atoms with E-state index in [1.54, 1.807) is 30.5 Å². The molecule has 0 unspecified atom stereocenters. The van der Waals surface area contributed by atoms with E-state index in [2.05, 4.69) is 64.9 Å². The third-order valence-electron chi connectivity index (χ3n) is 14.1. The number of thiophene rings is 1. The summed E-state index contributed by atoms with van der Waals surface area (Å²) in [5, 5.41) is 18.2. The SMILES string of the molecule is CC1(C)CCC(CN2CCN(c3ccc(C(=O)NS(=O)(=O)c4ccc(NC[C@H]5COCCO5)c([N+](=O)[O-])c4)c(Oc4cnc5[nH]ccc5c4)c3)CC2)=C(c2cc(CN3CCN4CCOC[C@H]4C3)cs2)C1. The van der Waals surface area contributed by atoms with Gasteiger partial charge in [-0.1, -0.05) is 19.4 Å². The van der Waals surface area contributed by atoms with Crippen molar-refractivity contribution in [3.8, 4) is 11.5 Å². The molecule has 0 radical (unpaired) electrons. The number of hydrogen-bond acceptors (Lipinski definition) is 16. The molecule has 4 fully saturated rings. The van der Waals surface area contributed by atoms with Crippen LogP contribution in [0.5, 0.6) is 11.5 Å². The van der Waals surface area contributed by atoms with Crippen LogP contribution in [0.15, 0.2) is 82.8 Å². The Morgan fingerprint density at radius 3 is 2.64 bits per heavy atom. The molecule has 10 rings (SSSR count). The van der Waals surface area contributed by atoms with Crippen molar-refractivity contribution in [1.29, 1.82) is 0 Å². The Labute approximate surface area is 412 Å². The number of pyridine rings is 1. The van der Waals surface area contributed by atoms with Crippen LogP contribution in [-0.4, -0.2) is 155 Å². The fourth-order valence-corrected chi connectivity index (χ4v) is 12.2. The van der Waals surface area contributed by atoms with Crippen LogP contribution >= 0.6 is 11.3 Å². The summed E-state index contributed by atoms with van der Waals surface area (Å²) in [6.45, 7) is 17.2. The van der Waals surface area contributed by atoms with Crippen molar-refractivity contribution in [1.82, 2.24) is 29.4 Å². The number of benzene rings is 2. The summed E-state index contributed by atoms with van der Waals surface area (Å²) >= 11 is 1.89. The maximum absolute atomic E-state index is 14.0. The zero-order valence-electron chi connectivity index (χ0n) is 39.7. The summed E-state index contributed by atoms with van der Waals surface area (Å²) in [6.07, 6.45) is 6.27. The number of H-pyrrole nitrogens is 1. The van der Waals surface area contributed by atoms with Gasteiger partial charge in [0.05, 0.1) is 60.7 Å². The average Bonchev–Trinajstić information content (AvgIpc) is 4.04. The Balaban J connectivity index is 0.832. The minimum absolute atomic E-state index is 0.0413. The van der Waals surface area contributed by atoms with E-state index in [1.165, 1.54) is 39.9 Å². The van der Waals surface area contributed by atoms with Crippen LogP contribution in [0.3, 0.4) is 0 Å². The third-order valence-corrected chi connectivity index (χ3v) is 16.5. The van der Waals surface area contributed by atoms with Gasteiger partial charge in [0.15, 0.2) is 0 Å². The molecule has 7 heterocycles. The van der Waals surface area contributed by atoms with E-state index >= 15 is 0 Å². The number of nitro groups is 1. The van der Waals surface area contributed by atoms with Crippen LogP contribution in [0.2, 0.25) is 0 Å². The molecular weight excluding hydrogens is 935 g/mol. The minimum atomic E-state index is -4.59. The number of fused-ring (bicyclic) bond motifs is 2. The number of aromatic nitrogens is 2. The number of piperazine rings is 2. The molecule has 5 aromatic rings. The Hall–Kier alpha value is -5.45. The molecule has 2 aromatic carbocycles. The average molecular weight is 996 g/mol. The van der Waals surface area contributed by atoms with E-state index in [0.717, 1.165) is 115 Å². The lowest BCUT2D eigenvalue weighted by molar-refractivity contribution is -0.384. The molecule has 3 N–H and O–H groups in total. The molecule has 18 nitrogen and oxygen atoms in total. The number of carbonyl (C=O) groups excluding carboxylic acids is 1. The van der Waals surface area contributed by atoms with E-state index in [-0.39, 0.29) is 35.1 Å². The van der Waals surface area contributed by atoms with Crippen molar-refractivity contribution in [3.05, 3.63) is 104 Å². The Kier molecular flexibility index (Phi) is 14.3. The molecule has 1 amide bonds. The molecule has 372 valence electrons. The second-order valence-electron chi connectivity index (χ2n) is 19.7. The maximum Gasteiger partial charge on any atom is 0.293 e. The largest absolute Gasteiger partial charge is 0.455 e. The lowest BCUT2D eigenvalue weighted by Crippen LogP contribution is -2.57. The summed E-state index contributed by atoms with van der Waals surface area (Å²) in [6, 6.07) is 15.1. The van der Waals surface area contributed by atoms with Crippen LogP contribution < -0.4 is 19.7 Å². The highest BCUT2D eigenvalue weighted by atomic mass is 32.2. The molecule has 3 aromatic heterocycles. The first-order chi connectivity index (χ1) is 33.8. The second-order valence-corrected chi connectivity index (χ2v) is 22.3. The summed E-state index contributed by atoms with van der Waals surface area (Å²) in [7, 11) is -4.59. The van der Waals surface area contributed by atoms with Gasteiger partial charge in [-0.25, -0.2) is 18.1 Å². The molecule has 0 saturated carbocycles. The smallest absolute Gasteiger partial charge is 0.293 e. The van der Waals surface area contributed by atoms with E-state index in [0.29, 0.717) is 37.3 Å². The minimum Gasteiger partial charge on any atom is -0.455 e. The zero-order valence-corrected chi connectivity index (χ0v) is 41.3. The fraction of sp³-hybridized carbons (Fsp3) is 0.480. The van der Waals surface area contributed by atoms with E-state index in [9.17, 15) is 23.3 Å². The number of ether oxygens (including phenoxy) is 4. The van der Waals surface area contributed by atoms with E-state index in [4.69, 9.17) is 18.9 Å². The number of amides is 1. The van der Waals surface area contributed by atoms with Crippen molar-refractivity contribution < 1.29 is 37.1 Å². The standard InChI is InChI=1S/C50H61N9O9S2/c1-50(2)9-7-36(43(25-50)47-21-34(33-69-47)28-56-13-16-58-17-18-65-31-38(58)30-56)29-55-11-14-57(15-12-55)37-3-5-42(46(23-37)68-39-22-35-8-10-51-48(35)53-26-39)49(60)54-70(63,64)41-4-6-44(45(24-41)59(61)62)52-27-40-32-66-19-20-67-40/h3-6,8,10,21-24,26,33,38,40,52H,7,9,11-20,25,27-32H2,1-2H3,(H,51,53)(H,54,60)/t38-,40+/m1/s1. The number of hydrogen-bond donors (Lipinski definition) is 3. The van der Waals surface area contributed by atoms with Crippen LogP contribution in [0.25, 0.3) is 16.6 Å². The number of allylic oxidation sites excluding steroid dienone is 1. The lowest BCUT2D eigenvalue weighted by atomic mass is 9.73. The van der Waals surface area contributed by atoms with Gasteiger partial charge in [-0.05, 0) is 83.7 Å². The van der Waals surface area contributed by atoms with E-state index in [1.807, 2.05) is 17.4 Å². The fourth-order valence-electron chi connectivity index (χ4n) is 10.2. The first kappa shape index (κ1) is 48.2. The number of nitrogens with zero attached hydrogens (tertiary/aromatic N) is 6. The number of nitro benzene ring substituents is 1. The summed E-state index contributed by atoms with van der Waals surface area (Å²) in [5.74, 6) is -0.481. The summed E-state index contributed by atoms with van der Waals surface area (Å²) in [5.41, 5.74) is 5.74. The lowest BCUT2D eigenvalue weighted by Gasteiger charge is -2.43. The Morgan fingerprint density at radius 2 is 1.81 bits per heavy atom. The van der Waals surface area contributed by atoms with Crippen molar-refractivity contribution in [2.24, 2.45) is 5.41 Å². The van der Waals surface area contributed by atoms with Gasteiger partial charge in [0.2, 0.25) is 0 Å². The van der Waals surface area contributed by atoms with Crippen molar-refractivity contribution in [2.45, 2.75) is 56.7 Å². The molecule has 20 heteroatoms. The molecule has 2 atom stereocenters. The first-order valence-corrected chi connectivity index (χ1v) is 26.5. The molecule has 0 spiro atoms. The predicted octanol–water partition coefficient (Wildman–Crippen LogP) is 6.57. The topological polar surface area (TPSA) is 197 Å². The number of aromatic amines is 1. The van der Waals surface area contributed by atoms with Gasteiger partial charge >= 0.3 is 0 Å². The third kappa shape index (κ3) is 11.2. The van der Waals surface area contributed by atoms with Gasteiger partial charge < -0.3 is 34.1 Å². The molecule has 70 heavy (non-hydrogen) atoms. The number of sulfonamides is 1. The molecule has 0 bridgehead atoms. The number of carbonyl (C=O) groups is 1. The highest BCUT2D eigenvalue weighted by Gasteiger charge is 2.33. The van der Waals surface area contributed by atoms with Crippen molar-refractivity contribution >= 4 is 60.9 Å². The van der Waals surface area contributed by atoms with Crippen molar-refractivity contribution in [3.63, 3.8) is 0 Å². The monoisotopic (exact) mass is 995 g/mol. The van der Waals surface area contributed by atoms with Gasteiger partial charge in [-0.2, -0.15) is 0 Å². The maximum atomic E-state index is 14.0. The number of anilines is 2. The normalized spacial score (nSPS) is 21.7. The molecular formula is C50H61N9O9S2. The quantitative estimate of drug-likeness (QED) is 0.0752. The molecule has 1 aliphatic carbocycles.